The molecule has 0 spiro atoms. The summed E-state index contributed by atoms with van der Waals surface area (Å²) in [6.45, 7) is 2.76. The Morgan fingerprint density at radius 1 is 1.44 bits per heavy atom. The molecule has 1 unspecified atom stereocenters. The summed E-state index contributed by atoms with van der Waals surface area (Å²) in [4.78, 5) is 0. The van der Waals surface area contributed by atoms with Gasteiger partial charge in [-0.15, -0.1) is 0 Å². The molecule has 0 aliphatic rings. The lowest BCUT2D eigenvalue weighted by Gasteiger charge is -2.18. The summed E-state index contributed by atoms with van der Waals surface area (Å²) in [7, 11) is 0. The fourth-order valence-electron chi connectivity index (χ4n) is 1.90. The average Bonchev–Trinajstić information content (AvgIpc) is 2.74. The maximum Gasteiger partial charge on any atom is 0.0893 e. The van der Waals surface area contributed by atoms with Crippen molar-refractivity contribution in [3.63, 3.8) is 0 Å². The Balaban J connectivity index is 2.44. The lowest BCUT2D eigenvalue weighted by atomic mass is 10.0. The number of nitrogens with zero attached hydrogens (tertiary/aromatic N) is 2. The second-order valence-corrected chi connectivity index (χ2v) is 5.17. The first-order valence-corrected chi connectivity index (χ1v) is 6.77. The molecule has 1 atom stereocenters. The highest BCUT2D eigenvalue weighted by Crippen LogP contribution is 2.28. The van der Waals surface area contributed by atoms with Crippen molar-refractivity contribution in [2.24, 2.45) is 5.84 Å². The largest absolute Gasteiger partial charge is 0.271 e. The first-order chi connectivity index (χ1) is 8.67. The molecule has 18 heavy (non-hydrogen) atoms. The van der Waals surface area contributed by atoms with Crippen LogP contribution in [0.4, 0.5) is 0 Å². The maximum absolute atomic E-state index is 6.19. The van der Waals surface area contributed by atoms with E-state index in [0.717, 1.165) is 22.3 Å². The minimum atomic E-state index is -0.173. The zero-order valence-electron chi connectivity index (χ0n) is 9.90. The van der Waals surface area contributed by atoms with Crippen molar-refractivity contribution in [2.45, 2.75) is 19.5 Å². The lowest BCUT2D eigenvalue weighted by Crippen LogP contribution is -2.30. The Labute approximate surface area is 119 Å². The summed E-state index contributed by atoms with van der Waals surface area (Å²) in [5, 5.41) is 4.84. The third kappa shape index (κ3) is 2.59. The molecule has 6 heteroatoms. The molecular weight excluding hydrogens is 316 g/mol. The molecule has 0 saturated heterocycles. The molecule has 1 aromatic carbocycles. The molecule has 0 fully saturated rings. The summed E-state index contributed by atoms with van der Waals surface area (Å²) in [5.41, 5.74) is 4.71. The topological polar surface area (TPSA) is 55.9 Å². The third-order valence-corrected chi connectivity index (χ3v) is 3.60. The number of hydrogen-bond donors (Lipinski definition) is 2. The van der Waals surface area contributed by atoms with Crippen LogP contribution in [0.1, 0.15) is 24.2 Å². The van der Waals surface area contributed by atoms with Gasteiger partial charge in [-0.1, -0.05) is 39.7 Å². The number of aromatic nitrogens is 2. The van der Waals surface area contributed by atoms with E-state index in [4.69, 9.17) is 17.4 Å². The highest BCUT2D eigenvalue weighted by molar-refractivity contribution is 9.10. The Morgan fingerprint density at radius 2 is 2.11 bits per heavy atom. The van der Waals surface area contributed by atoms with E-state index in [0.29, 0.717) is 5.02 Å². The molecule has 2 aromatic rings. The van der Waals surface area contributed by atoms with Gasteiger partial charge in [0.2, 0.25) is 0 Å². The van der Waals surface area contributed by atoms with Gasteiger partial charge in [-0.2, -0.15) is 5.10 Å². The standard InChI is InChI=1S/C12H14BrClN4/c1-2-18-12(10(14)7-16-18)11(17-15)8-3-5-9(13)6-4-8/h3-7,11,17H,2,15H2,1H3. The van der Waals surface area contributed by atoms with E-state index in [9.17, 15) is 0 Å². The van der Waals surface area contributed by atoms with Crippen molar-refractivity contribution in [3.8, 4) is 0 Å². The second-order valence-electron chi connectivity index (χ2n) is 3.84. The van der Waals surface area contributed by atoms with Gasteiger partial charge in [0, 0.05) is 11.0 Å². The SMILES string of the molecule is CCn1ncc(Cl)c1C(NN)c1ccc(Br)cc1. The fourth-order valence-corrected chi connectivity index (χ4v) is 2.41. The van der Waals surface area contributed by atoms with Crippen LogP contribution >= 0.6 is 27.5 Å². The van der Waals surface area contributed by atoms with Gasteiger partial charge in [-0.05, 0) is 24.6 Å². The average molecular weight is 330 g/mol. The van der Waals surface area contributed by atoms with Gasteiger partial charge in [0.15, 0.2) is 0 Å². The van der Waals surface area contributed by atoms with Crippen LogP contribution in [0.5, 0.6) is 0 Å². The zero-order valence-corrected chi connectivity index (χ0v) is 12.2. The molecule has 96 valence electrons. The van der Waals surface area contributed by atoms with Crippen LogP contribution < -0.4 is 11.3 Å². The molecule has 4 nitrogen and oxygen atoms in total. The van der Waals surface area contributed by atoms with Gasteiger partial charge in [-0.25, -0.2) is 5.43 Å². The Kier molecular flexibility index (Phi) is 4.40. The van der Waals surface area contributed by atoms with E-state index >= 15 is 0 Å². The molecule has 0 amide bonds. The van der Waals surface area contributed by atoms with Crippen LogP contribution in [0.3, 0.4) is 0 Å². The minimum Gasteiger partial charge on any atom is -0.271 e. The normalized spacial score (nSPS) is 12.7. The molecule has 0 saturated carbocycles. The van der Waals surface area contributed by atoms with E-state index in [1.165, 1.54) is 0 Å². The Morgan fingerprint density at radius 3 is 2.67 bits per heavy atom. The summed E-state index contributed by atoms with van der Waals surface area (Å²) < 4.78 is 2.87. The predicted molar refractivity (Wildman–Crippen MR) is 76.2 cm³/mol. The van der Waals surface area contributed by atoms with Crippen molar-refractivity contribution in [2.75, 3.05) is 0 Å². The first-order valence-electron chi connectivity index (χ1n) is 5.60. The first kappa shape index (κ1) is 13.5. The molecular formula is C12H14BrClN4. The van der Waals surface area contributed by atoms with Gasteiger partial charge in [0.25, 0.3) is 0 Å². The Hall–Kier alpha value is -0.880. The van der Waals surface area contributed by atoms with Crippen molar-refractivity contribution in [1.29, 1.82) is 0 Å². The number of nitrogens with two attached hydrogens (primary N) is 1. The van der Waals surface area contributed by atoms with Crippen molar-refractivity contribution in [3.05, 3.63) is 51.2 Å². The van der Waals surface area contributed by atoms with Crippen LogP contribution in [0.25, 0.3) is 0 Å². The Bertz CT molecular complexity index is 523. The number of hydrogen-bond acceptors (Lipinski definition) is 3. The van der Waals surface area contributed by atoms with Crippen LogP contribution in [-0.4, -0.2) is 9.78 Å². The molecule has 2 rings (SSSR count). The molecule has 1 aromatic heterocycles. The van der Waals surface area contributed by atoms with Gasteiger partial charge >= 0.3 is 0 Å². The van der Waals surface area contributed by atoms with Gasteiger partial charge in [0.05, 0.1) is 23.0 Å². The van der Waals surface area contributed by atoms with Crippen molar-refractivity contribution >= 4 is 27.5 Å². The fraction of sp³-hybridized carbons (Fsp3) is 0.250. The lowest BCUT2D eigenvalue weighted by molar-refractivity contribution is 0.543. The second kappa shape index (κ2) is 5.84. The number of nitrogens with one attached hydrogen (secondary N) is 1. The summed E-state index contributed by atoms with van der Waals surface area (Å²) in [6.07, 6.45) is 1.64. The van der Waals surface area contributed by atoms with Gasteiger partial charge < -0.3 is 0 Å². The minimum absolute atomic E-state index is 0.173. The summed E-state index contributed by atoms with van der Waals surface area (Å²) >= 11 is 9.60. The van der Waals surface area contributed by atoms with Gasteiger partial charge in [-0.3, -0.25) is 10.5 Å². The molecule has 1 heterocycles. The van der Waals surface area contributed by atoms with Crippen LogP contribution in [0, 0.1) is 0 Å². The van der Waals surface area contributed by atoms with Gasteiger partial charge in [0.1, 0.15) is 0 Å². The maximum atomic E-state index is 6.19. The van der Waals surface area contributed by atoms with E-state index in [1.807, 2.05) is 35.9 Å². The molecule has 3 N–H and O–H groups in total. The summed E-state index contributed by atoms with van der Waals surface area (Å²) in [6, 6.07) is 7.77. The molecule has 0 bridgehead atoms. The summed E-state index contributed by atoms with van der Waals surface area (Å²) in [5.74, 6) is 5.67. The number of benzene rings is 1. The number of hydrazine groups is 1. The monoisotopic (exact) mass is 328 g/mol. The number of rotatable bonds is 4. The highest BCUT2D eigenvalue weighted by atomic mass is 79.9. The van der Waals surface area contributed by atoms with E-state index < -0.39 is 0 Å². The van der Waals surface area contributed by atoms with Crippen LogP contribution in [0.2, 0.25) is 5.02 Å². The van der Waals surface area contributed by atoms with Crippen molar-refractivity contribution < 1.29 is 0 Å². The van der Waals surface area contributed by atoms with Crippen molar-refractivity contribution in [1.82, 2.24) is 15.2 Å². The van der Waals surface area contributed by atoms with E-state index in [-0.39, 0.29) is 6.04 Å². The highest BCUT2D eigenvalue weighted by Gasteiger charge is 2.20. The third-order valence-electron chi connectivity index (χ3n) is 2.78. The predicted octanol–water partition coefficient (Wildman–Crippen LogP) is 2.87. The van der Waals surface area contributed by atoms with Crippen LogP contribution in [-0.2, 0) is 6.54 Å². The van der Waals surface area contributed by atoms with E-state index in [2.05, 4.69) is 26.5 Å². The molecule has 0 aliphatic carbocycles. The zero-order chi connectivity index (χ0) is 13.1. The quantitative estimate of drug-likeness (QED) is 0.670. The smallest absolute Gasteiger partial charge is 0.0893 e. The van der Waals surface area contributed by atoms with E-state index in [1.54, 1.807) is 6.20 Å². The molecule has 0 aliphatic heterocycles. The number of halogens is 2. The van der Waals surface area contributed by atoms with Crippen LogP contribution in [0.15, 0.2) is 34.9 Å². The number of aryl methyl sites for hydroxylation is 1. The molecule has 0 radical (unpaired) electrons.